The zero-order valence-electron chi connectivity index (χ0n) is 15.4. The Morgan fingerprint density at radius 3 is 2.32 bits per heavy atom. The van der Waals surface area contributed by atoms with Crippen LogP contribution >= 0.6 is 0 Å². The van der Waals surface area contributed by atoms with E-state index >= 15 is 0 Å². The van der Waals surface area contributed by atoms with Gasteiger partial charge in [0.05, 0.1) is 19.1 Å². The Kier molecular flexibility index (Phi) is 6.28. The van der Waals surface area contributed by atoms with Crippen LogP contribution in [0.5, 0.6) is 5.75 Å². The van der Waals surface area contributed by atoms with Gasteiger partial charge in [-0.05, 0) is 44.9 Å². The minimum Gasteiger partial charge on any atom is -0.496 e. The van der Waals surface area contributed by atoms with Crippen LogP contribution in [0.4, 0.5) is 18.9 Å². The van der Waals surface area contributed by atoms with Crippen molar-refractivity contribution in [2.24, 2.45) is 4.99 Å². The van der Waals surface area contributed by atoms with E-state index in [1.54, 1.807) is 13.3 Å². The van der Waals surface area contributed by atoms with Crippen molar-refractivity contribution >= 4 is 12.0 Å². The van der Waals surface area contributed by atoms with Crippen molar-refractivity contribution < 1.29 is 23.0 Å². The fourth-order valence-electron chi connectivity index (χ4n) is 2.18. The summed E-state index contributed by atoms with van der Waals surface area (Å²) in [7, 11) is 3.09. The monoisotopic (exact) mass is 358 g/mol. The van der Waals surface area contributed by atoms with Crippen molar-refractivity contribution in [2.45, 2.75) is 45.5 Å². The number of benzene rings is 1. The van der Waals surface area contributed by atoms with Gasteiger partial charge in [0.2, 0.25) is 5.60 Å². The molecule has 0 spiro atoms. The zero-order valence-corrected chi connectivity index (χ0v) is 15.4. The molecule has 25 heavy (non-hydrogen) atoms. The average molecular weight is 358 g/mol. The Labute approximate surface area is 146 Å². The summed E-state index contributed by atoms with van der Waals surface area (Å²) in [5, 5.41) is 10.4. The van der Waals surface area contributed by atoms with Gasteiger partial charge in [-0.1, -0.05) is 6.58 Å². The largest absolute Gasteiger partial charge is 0.496 e. The van der Waals surface area contributed by atoms with E-state index in [9.17, 15) is 18.3 Å². The van der Waals surface area contributed by atoms with E-state index in [0.29, 0.717) is 11.3 Å². The second kappa shape index (κ2) is 7.47. The summed E-state index contributed by atoms with van der Waals surface area (Å²) in [5.41, 5.74) is -3.09. The van der Waals surface area contributed by atoms with Crippen LogP contribution < -0.4 is 4.74 Å². The number of rotatable bonds is 6. The summed E-state index contributed by atoms with van der Waals surface area (Å²) in [6, 6.07) is 2.85. The highest BCUT2D eigenvalue weighted by Gasteiger charge is 2.57. The van der Waals surface area contributed by atoms with Gasteiger partial charge in [-0.2, -0.15) is 13.2 Å². The predicted molar refractivity (Wildman–Crippen MR) is 93.5 cm³/mol. The highest BCUT2D eigenvalue weighted by atomic mass is 19.4. The van der Waals surface area contributed by atoms with E-state index in [4.69, 9.17) is 4.74 Å². The molecule has 0 bridgehead atoms. The molecule has 0 aliphatic heterocycles. The molecule has 0 fully saturated rings. The normalized spacial score (nSPS) is 14.7. The number of alkyl halides is 3. The first-order valence-electron chi connectivity index (χ1n) is 7.76. The van der Waals surface area contributed by atoms with Crippen LogP contribution in [0.25, 0.3) is 0 Å². The Hall–Kier alpha value is -2.02. The van der Waals surface area contributed by atoms with E-state index in [1.165, 1.54) is 19.2 Å². The third-order valence-corrected chi connectivity index (χ3v) is 4.13. The molecule has 0 aliphatic rings. The maximum Gasteiger partial charge on any atom is 0.425 e. The zero-order chi connectivity index (χ0) is 19.6. The van der Waals surface area contributed by atoms with Gasteiger partial charge in [-0.15, -0.1) is 0 Å². The molecule has 0 heterocycles. The number of methoxy groups -OCH3 is 1. The first kappa shape index (κ1) is 21.0. The molecule has 1 aromatic rings. The number of aliphatic hydroxyl groups is 1. The predicted octanol–water partition coefficient (Wildman–Crippen LogP) is 4.33. The second-order valence-electron chi connectivity index (χ2n) is 6.33. The standard InChI is InChI=1S/C18H25F3N2O2/c1-11(2)17(24,18(19,20)21)14-8-13(5)15(9-16(14)25-7)22-10-23(6)12(3)4/h8-10,12,24H,1H2,2-7H3. The molecular formula is C18H25F3N2O2. The van der Waals surface area contributed by atoms with Crippen molar-refractivity contribution in [1.29, 1.82) is 0 Å². The molecule has 1 atom stereocenters. The SMILES string of the molecule is C=C(C)C(O)(c1cc(C)c(N=CN(C)C(C)C)cc1OC)C(F)(F)F. The minimum atomic E-state index is -4.93. The summed E-state index contributed by atoms with van der Waals surface area (Å²) >= 11 is 0. The van der Waals surface area contributed by atoms with Crippen LogP contribution in [0, 0.1) is 6.92 Å². The fourth-order valence-corrected chi connectivity index (χ4v) is 2.18. The quantitative estimate of drug-likeness (QED) is 0.468. The summed E-state index contributed by atoms with van der Waals surface area (Å²) in [6.45, 7) is 10.0. The number of halogens is 3. The number of nitrogens with zero attached hydrogens (tertiary/aromatic N) is 2. The van der Waals surface area contributed by atoms with Crippen LogP contribution in [0.1, 0.15) is 31.9 Å². The molecule has 0 saturated heterocycles. The highest BCUT2D eigenvalue weighted by Crippen LogP contribution is 2.48. The van der Waals surface area contributed by atoms with Gasteiger partial charge in [0.15, 0.2) is 0 Å². The molecule has 0 aromatic heterocycles. The third-order valence-electron chi connectivity index (χ3n) is 4.13. The molecular weight excluding hydrogens is 333 g/mol. The molecule has 7 heteroatoms. The fraction of sp³-hybridized carbons (Fsp3) is 0.500. The number of ether oxygens (including phenoxy) is 1. The molecule has 0 radical (unpaired) electrons. The third kappa shape index (κ3) is 4.15. The molecule has 1 unspecified atom stereocenters. The van der Waals surface area contributed by atoms with E-state index in [-0.39, 0.29) is 11.8 Å². The highest BCUT2D eigenvalue weighted by molar-refractivity contribution is 5.66. The van der Waals surface area contributed by atoms with Crippen LogP contribution in [0.3, 0.4) is 0 Å². The van der Waals surface area contributed by atoms with E-state index in [2.05, 4.69) is 11.6 Å². The summed E-state index contributed by atoms with van der Waals surface area (Å²) in [4.78, 5) is 6.16. The van der Waals surface area contributed by atoms with E-state index < -0.39 is 22.9 Å². The Morgan fingerprint density at radius 1 is 1.36 bits per heavy atom. The number of aliphatic imine (C=N–C) groups is 1. The molecule has 1 rings (SSSR count). The molecule has 0 saturated carbocycles. The lowest BCUT2D eigenvalue weighted by Gasteiger charge is -2.33. The van der Waals surface area contributed by atoms with Gasteiger partial charge in [0, 0.05) is 24.7 Å². The van der Waals surface area contributed by atoms with Gasteiger partial charge in [0.25, 0.3) is 0 Å². The number of hydrogen-bond donors (Lipinski definition) is 1. The number of aryl methyl sites for hydroxylation is 1. The summed E-state index contributed by atoms with van der Waals surface area (Å²) in [5.74, 6) is -0.104. The molecule has 0 aliphatic carbocycles. The first-order chi connectivity index (χ1) is 11.4. The van der Waals surface area contributed by atoms with E-state index in [1.807, 2.05) is 25.8 Å². The lowest BCUT2D eigenvalue weighted by molar-refractivity contribution is -0.250. The smallest absolute Gasteiger partial charge is 0.425 e. The maximum absolute atomic E-state index is 13.5. The molecule has 1 N–H and O–H groups in total. The lowest BCUT2D eigenvalue weighted by Crippen LogP contribution is -2.43. The van der Waals surface area contributed by atoms with Crippen LogP contribution in [0.15, 0.2) is 29.3 Å². The van der Waals surface area contributed by atoms with Crippen molar-refractivity contribution in [3.63, 3.8) is 0 Å². The molecule has 4 nitrogen and oxygen atoms in total. The Morgan fingerprint density at radius 2 is 1.92 bits per heavy atom. The first-order valence-corrected chi connectivity index (χ1v) is 7.76. The van der Waals surface area contributed by atoms with E-state index in [0.717, 1.165) is 6.92 Å². The number of hydrogen-bond acceptors (Lipinski definition) is 3. The van der Waals surface area contributed by atoms with Crippen LogP contribution in [-0.2, 0) is 5.60 Å². The Balaban J connectivity index is 3.52. The summed E-state index contributed by atoms with van der Waals surface area (Å²) in [6.07, 6.45) is -3.33. The summed E-state index contributed by atoms with van der Waals surface area (Å²) < 4.78 is 45.7. The Bertz CT molecular complexity index is 669. The molecule has 140 valence electrons. The van der Waals surface area contributed by atoms with Gasteiger partial charge in [-0.3, -0.25) is 0 Å². The van der Waals surface area contributed by atoms with Crippen LogP contribution in [-0.4, -0.2) is 42.7 Å². The molecule has 1 aromatic carbocycles. The van der Waals surface area contributed by atoms with Crippen molar-refractivity contribution in [3.05, 3.63) is 35.4 Å². The van der Waals surface area contributed by atoms with Crippen molar-refractivity contribution in [3.8, 4) is 5.75 Å². The van der Waals surface area contributed by atoms with Gasteiger partial charge in [0.1, 0.15) is 5.75 Å². The van der Waals surface area contributed by atoms with Gasteiger partial charge < -0.3 is 14.7 Å². The van der Waals surface area contributed by atoms with Crippen molar-refractivity contribution in [2.75, 3.05) is 14.2 Å². The average Bonchev–Trinajstić information content (AvgIpc) is 2.50. The minimum absolute atomic E-state index is 0.104. The molecule has 0 amide bonds. The van der Waals surface area contributed by atoms with Crippen LogP contribution in [0.2, 0.25) is 0 Å². The lowest BCUT2D eigenvalue weighted by atomic mass is 9.85. The topological polar surface area (TPSA) is 45.1 Å². The maximum atomic E-state index is 13.5. The second-order valence-corrected chi connectivity index (χ2v) is 6.33. The van der Waals surface area contributed by atoms with Gasteiger partial charge >= 0.3 is 6.18 Å². The van der Waals surface area contributed by atoms with Gasteiger partial charge in [-0.25, -0.2) is 4.99 Å². The van der Waals surface area contributed by atoms with Crippen molar-refractivity contribution in [1.82, 2.24) is 4.90 Å².